The highest BCUT2D eigenvalue weighted by Crippen LogP contribution is 2.31. The molecule has 1 amide bonds. The number of carbonyl (C=O) groups excluding carboxylic acids is 1. The Hall–Kier alpha value is -1.72. The molecule has 202 valence electrons. The average molecular weight is 523 g/mol. The highest BCUT2D eigenvalue weighted by Gasteiger charge is 2.38. The number of benzene rings is 1. The van der Waals surface area contributed by atoms with Crippen molar-refractivity contribution in [3.63, 3.8) is 0 Å². The topological polar surface area (TPSA) is 82.6 Å². The number of rotatable bonds is 10. The fourth-order valence-corrected chi connectivity index (χ4v) is 7.92. The zero-order valence-corrected chi connectivity index (χ0v) is 23.1. The largest absolute Gasteiger partial charge is 0.497 e. The number of hydrogen-bond donors (Lipinski definition) is 0. The second-order valence-electron chi connectivity index (χ2n) is 10.3. The second kappa shape index (κ2) is 11.8. The van der Waals surface area contributed by atoms with Crippen LogP contribution in [-0.4, -0.2) is 119 Å². The molecule has 9 nitrogen and oxygen atoms in total. The lowest BCUT2D eigenvalue weighted by molar-refractivity contribution is -0.139. The maximum Gasteiger partial charge on any atom is 0.248 e. The summed E-state index contributed by atoms with van der Waals surface area (Å²) in [6, 6.07) is 4.11. The standard InChI is InChI=1S/C26H42N4O5S/c1-5-30(36(32,33)26-20(2)16-23(34-4)17-21(26)3)14-15-35-19-25(31)29-12-10-28(11-13-29)24-18-27-8-6-22(24)7-9-27/h16-17,22,24H,5-15,18-19H2,1-4H3/t24-/m1/s1. The van der Waals surface area contributed by atoms with Crippen molar-refractivity contribution in [3.05, 3.63) is 23.3 Å². The third kappa shape index (κ3) is 5.88. The van der Waals surface area contributed by atoms with Crippen LogP contribution in [0.25, 0.3) is 0 Å². The highest BCUT2D eigenvalue weighted by atomic mass is 32.2. The molecule has 4 heterocycles. The molecule has 0 unspecified atom stereocenters. The Morgan fingerprint density at radius 2 is 1.69 bits per heavy atom. The summed E-state index contributed by atoms with van der Waals surface area (Å²) < 4.78 is 39.0. The average Bonchev–Trinajstić information content (AvgIpc) is 2.88. The lowest BCUT2D eigenvalue weighted by Gasteiger charge is -2.51. The quantitative estimate of drug-likeness (QED) is 0.432. The van der Waals surface area contributed by atoms with E-state index in [0.717, 1.165) is 32.1 Å². The predicted octanol–water partition coefficient (Wildman–Crippen LogP) is 1.58. The lowest BCUT2D eigenvalue weighted by atomic mass is 9.83. The molecule has 0 aliphatic carbocycles. The Labute approximate surface area is 216 Å². The molecule has 1 aromatic rings. The maximum atomic E-state index is 13.3. The minimum absolute atomic E-state index is 0.0158. The number of hydrogen-bond acceptors (Lipinski definition) is 7. The molecule has 0 aromatic heterocycles. The number of aryl methyl sites for hydroxylation is 2. The summed E-state index contributed by atoms with van der Waals surface area (Å²) in [6.45, 7) is 13.0. The number of methoxy groups -OCH3 is 1. The Morgan fingerprint density at radius 3 is 2.22 bits per heavy atom. The minimum atomic E-state index is -3.69. The minimum Gasteiger partial charge on any atom is -0.497 e. The highest BCUT2D eigenvalue weighted by molar-refractivity contribution is 7.89. The summed E-state index contributed by atoms with van der Waals surface area (Å²) in [4.78, 5) is 20.1. The normalized spacial score (nSPS) is 24.9. The van der Waals surface area contributed by atoms with Crippen molar-refractivity contribution in [3.8, 4) is 5.75 Å². The van der Waals surface area contributed by atoms with E-state index < -0.39 is 10.0 Å². The Kier molecular flexibility index (Phi) is 8.93. The molecule has 0 saturated carbocycles. The number of nitrogens with zero attached hydrogens (tertiary/aromatic N) is 4. The maximum absolute atomic E-state index is 13.3. The van der Waals surface area contributed by atoms with Gasteiger partial charge in [-0.2, -0.15) is 4.31 Å². The van der Waals surface area contributed by atoms with Gasteiger partial charge in [-0.05, 0) is 69.0 Å². The molecule has 1 atom stereocenters. The molecule has 4 saturated heterocycles. The van der Waals surface area contributed by atoms with E-state index in [0.29, 0.717) is 34.4 Å². The van der Waals surface area contributed by atoms with Crippen molar-refractivity contribution in [1.29, 1.82) is 0 Å². The van der Waals surface area contributed by atoms with Crippen molar-refractivity contribution in [2.24, 2.45) is 5.92 Å². The molecule has 36 heavy (non-hydrogen) atoms. The lowest BCUT2D eigenvalue weighted by Crippen LogP contribution is -2.61. The van der Waals surface area contributed by atoms with E-state index >= 15 is 0 Å². The SMILES string of the molecule is CCN(CCOCC(=O)N1CCN([C@@H]2CN3CCC2CC3)CC1)S(=O)(=O)c1c(C)cc(OC)cc1C. The van der Waals surface area contributed by atoms with Crippen molar-refractivity contribution >= 4 is 15.9 Å². The number of ether oxygens (including phenoxy) is 2. The number of piperidine rings is 3. The first-order valence-electron chi connectivity index (χ1n) is 13.2. The number of likely N-dealkylation sites (N-methyl/N-ethyl adjacent to an activating group) is 1. The van der Waals surface area contributed by atoms with Gasteiger partial charge in [0.05, 0.1) is 18.6 Å². The van der Waals surface area contributed by atoms with Crippen molar-refractivity contribution in [1.82, 2.24) is 19.0 Å². The third-order valence-electron chi connectivity index (χ3n) is 8.09. The zero-order chi connectivity index (χ0) is 25.9. The Balaban J connectivity index is 1.23. The fraction of sp³-hybridized carbons (Fsp3) is 0.731. The molecule has 5 rings (SSSR count). The molecule has 0 N–H and O–H groups in total. The van der Waals surface area contributed by atoms with Crippen LogP contribution in [0, 0.1) is 19.8 Å². The summed E-state index contributed by atoms with van der Waals surface area (Å²) in [5, 5.41) is 0. The first kappa shape index (κ1) is 27.3. The van der Waals surface area contributed by atoms with Crippen molar-refractivity contribution in [2.45, 2.75) is 44.6 Å². The Morgan fingerprint density at radius 1 is 1.06 bits per heavy atom. The number of fused-ring (bicyclic) bond motifs is 3. The molecule has 2 bridgehead atoms. The van der Waals surface area contributed by atoms with Crippen molar-refractivity contribution in [2.75, 3.05) is 79.2 Å². The smallest absolute Gasteiger partial charge is 0.248 e. The van der Waals surface area contributed by atoms with Gasteiger partial charge in [0.2, 0.25) is 15.9 Å². The summed E-state index contributed by atoms with van der Waals surface area (Å²) in [7, 11) is -2.12. The Bertz CT molecular complexity index is 994. The molecular weight excluding hydrogens is 480 g/mol. The molecule has 0 radical (unpaired) electrons. The van der Waals surface area contributed by atoms with Gasteiger partial charge in [0.25, 0.3) is 0 Å². The van der Waals surface area contributed by atoms with Gasteiger partial charge in [-0.25, -0.2) is 8.42 Å². The zero-order valence-electron chi connectivity index (χ0n) is 22.2. The summed E-state index contributed by atoms with van der Waals surface area (Å²) in [6.07, 6.45) is 2.61. The van der Waals surface area contributed by atoms with Gasteiger partial charge in [0.15, 0.2) is 0 Å². The van der Waals surface area contributed by atoms with Crippen LogP contribution in [0.1, 0.15) is 30.9 Å². The van der Waals surface area contributed by atoms with Gasteiger partial charge in [-0.15, -0.1) is 0 Å². The van der Waals surface area contributed by atoms with Crippen LogP contribution in [0.4, 0.5) is 0 Å². The van der Waals surface area contributed by atoms with Gasteiger partial charge < -0.3 is 19.3 Å². The van der Waals surface area contributed by atoms with Crippen LogP contribution in [0.15, 0.2) is 17.0 Å². The molecule has 10 heteroatoms. The number of carbonyl (C=O) groups is 1. The van der Waals surface area contributed by atoms with E-state index in [9.17, 15) is 13.2 Å². The molecular formula is C26H42N4O5S. The molecule has 4 aliphatic rings. The van der Waals surface area contributed by atoms with Crippen molar-refractivity contribution < 1.29 is 22.7 Å². The van der Waals surface area contributed by atoms with E-state index in [4.69, 9.17) is 9.47 Å². The fourth-order valence-electron chi connectivity index (χ4n) is 6.08. The second-order valence-corrected chi connectivity index (χ2v) is 12.1. The number of amides is 1. The van der Waals surface area contributed by atoms with Gasteiger partial charge in [-0.1, -0.05) is 6.92 Å². The first-order chi connectivity index (χ1) is 17.2. The van der Waals surface area contributed by atoms with Crippen LogP contribution in [0.5, 0.6) is 5.75 Å². The summed E-state index contributed by atoms with van der Waals surface area (Å²) in [5.74, 6) is 1.43. The van der Waals surface area contributed by atoms with Gasteiger partial charge in [0.1, 0.15) is 12.4 Å². The third-order valence-corrected chi connectivity index (χ3v) is 10.4. The van der Waals surface area contributed by atoms with E-state index in [1.165, 1.54) is 36.8 Å². The number of piperazine rings is 1. The molecule has 4 aliphatic heterocycles. The van der Waals surface area contributed by atoms with E-state index in [2.05, 4.69) is 9.80 Å². The summed E-state index contributed by atoms with van der Waals surface area (Å²) in [5.41, 5.74) is 1.30. The van der Waals surface area contributed by atoms with E-state index in [1.54, 1.807) is 33.1 Å². The van der Waals surface area contributed by atoms with Gasteiger partial charge in [0, 0.05) is 51.9 Å². The molecule has 0 spiro atoms. The van der Waals surface area contributed by atoms with Gasteiger partial charge >= 0.3 is 0 Å². The van der Waals surface area contributed by atoms with Gasteiger partial charge in [-0.3, -0.25) is 9.69 Å². The first-order valence-corrected chi connectivity index (χ1v) is 14.7. The van der Waals surface area contributed by atoms with Crippen LogP contribution in [0.2, 0.25) is 0 Å². The molecule has 1 aromatic carbocycles. The van der Waals surface area contributed by atoms with E-state index in [1.807, 2.05) is 11.8 Å². The van der Waals surface area contributed by atoms with Crippen LogP contribution >= 0.6 is 0 Å². The van der Waals surface area contributed by atoms with Crippen LogP contribution in [0.3, 0.4) is 0 Å². The van der Waals surface area contributed by atoms with Crippen LogP contribution in [-0.2, 0) is 19.6 Å². The molecule has 4 fully saturated rings. The summed E-state index contributed by atoms with van der Waals surface area (Å²) >= 11 is 0. The monoisotopic (exact) mass is 522 g/mol. The van der Waals surface area contributed by atoms with Crippen LogP contribution < -0.4 is 4.74 Å². The van der Waals surface area contributed by atoms with E-state index in [-0.39, 0.29) is 25.7 Å². The predicted molar refractivity (Wildman–Crippen MR) is 139 cm³/mol. The number of sulfonamides is 1.